The van der Waals surface area contributed by atoms with Crippen molar-refractivity contribution in [3.63, 3.8) is 0 Å². The van der Waals surface area contributed by atoms with E-state index in [1.165, 1.54) is 0 Å². The highest BCUT2D eigenvalue weighted by Gasteiger charge is 2.32. The average molecular weight is 380 g/mol. The van der Waals surface area contributed by atoms with Crippen LogP contribution in [0.25, 0.3) is 0 Å². The first-order valence-electron chi connectivity index (χ1n) is 8.15. The van der Waals surface area contributed by atoms with E-state index in [1.807, 2.05) is 4.90 Å². The molecule has 1 aromatic rings. The van der Waals surface area contributed by atoms with Crippen molar-refractivity contribution in [3.8, 4) is 0 Å². The van der Waals surface area contributed by atoms with Crippen molar-refractivity contribution in [2.24, 2.45) is 0 Å². The molecule has 3 heterocycles. The molecule has 2 fully saturated rings. The summed E-state index contributed by atoms with van der Waals surface area (Å²) < 4.78 is 54.0. The highest BCUT2D eigenvalue weighted by molar-refractivity contribution is 7.91. The lowest BCUT2D eigenvalue weighted by molar-refractivity contribution is 0.359. The fourth-order valence-corrected chi connectivity index (χ4v) is 5.15. The predicted molar refractivity (Wildman–Crippen MR) is 88.3 cm³/mol. The summed E-state index contributed by atoms with van der Waals surface area (Å²) >= 11 is 5.77. The van der Waals surface area contributed by atoms with Crippen molar-refractivity contribution in [1.29, 1.82) is 0 Å². The van der Waals surface area contributed by atoms with Crippen molar-refractivity contribution in [3.05, 3.63) is 16.8 Å². The molecule has 0 aliphatic carbocycles. The van der Waals surface area contributed by atoms with E-state index in [4.69, 9.17) is 11.6 Å². The first-order valence-corrected chi connectivity index (χ1v) is 10.2. The Balaban J connectivity index is 1.92. The molecule has 0 amide bonds. The molecule has 0 radical (unpaired) electrons. The molecule has 3 rings (SSSR count). The molecule has 0 spiro atoms. The fourth-order valence-electron chi connectivity index (χ4n) is 3.25. The van der Waals surface area contributed by atoms with Crippen LogP contribution in [0.3, 0.4) is 0 Å². The minimum absolute atomic E-state index is 0.255. The zero-order valence-electron chi connectivity index (χ0n) is 13.3. The number of hydrogen-bond donors (Lipinski definition) is 0. The number of pyridine rings is 1. The van der Waals surface area contributed by atoms with Gasteiger partial charge in [0.05, 0.1) is 5.75 Å². The van der Waals surface area contributed by atoms with Gasteiger partial charge in [0.1, 0.15) is 9.92 Å². The van der Waals surface area contributed by atoms with Crippen LogP contribution in [0.1, 0.15) is 25.7 Å². The first-order chi connectivity index (χ1) is 11.4. The number of anilines is 1. The highest BCUT2D eigenvalue weighted by Crippen LogP contribution is 2.33. The van der Waals surface area contributed by atoms with E-state index < -0.39 is 31.5 Å². The van der Waals surface area contributed by atoms with Gasteiger partial charge in [-0.25, -0.2) is 12.8 Å². The normalized spacial score (nSPS) is 19.4. The number of sulfone groups is 1. The number of rotatable bonds is 5. The summed E-state index contributed by atoms with van der Waals surface area (Å²) in [6, 6.07) is 0. The van der Waals surface area contributed by atoms with Crippen LogP contribution >= 0.6 is 11.6 Å². The van der Waals surface area contributed by atoms with Gasteiger partial charge in [-0.1, -0.05) is 11.6 Å². The largest absolute Gasteiger partial charge is 0.354 e. The summed E-state index contributed by atoms with van der Waals surface area (Å²) in [4.78, 5) is 6.36. The van der Waals surface area contributed by atoms with Crippen LogP contribution in [-0.4, -0.2) is 56.8 Å². The molecular formula is C15H20ClF2N3O2S. The standard InChI is InChI=1S/C15H20ClF2N3O2S/c16-11-13(24(22,23)10-9-20-5-1-2-6-20)12(17)15(19-14(11)18)21-7-3-4-8-21/h1-10H2. The van der Waals surface area contributed by atoms with E-state index in [2.05, 4.69) is 4.98 Å². The molecule has 5 nitrogen and oxygen atoms in total. The first kappa shape index (κ1) is 17.8. The maximum Gasteiger partial charge on any atom is 0.235 e. The second-order valence-corrected chi connectivity index (χ2v) is 8.67. The molecular weight excluding hydrogens is 360 g/mol. The number of aromatic nitrogens is 1. The Kier molecular flexibility index (Phi) is 5.27. The van der Waals surface area contributed by atoms with Gasteiger partial charge in [0.2, 0.25) is 5.95 Å². The van der Waals surface area contributed by atoms with Gasteiger partial charge in [0.25, 0.3) is 0 Å². The summed E-state index contributed by atoms with van der Waals surface area (Å²) in [6.45, 7) is 3.00. The zero-order valence-corrected chi connectivity index (χ0v) is 14.8. The Labute approximate surface area is 145 Å². The van der Waals surface area contributed by atoms with E-state index in [0.29, 0.717) is 19.6 Å². The second-order valence-electron chi connectivity index (χ2n) is 6.25. The van der Waals surface area contributed by atoms with Gasteiger partial charge in [-0.15, -0.1) is 0 Å². The maximum absolute atomic E-state index is 14.8. The minimum atomic E-state index is -4.04. The fraction of sp³-hybridized carbons (Fsp3) is 0.667. The summed E-state index contributed by atoms with van der Waals surface area (Å²) in [5, 5.41) is -0.753. The van der Waals surface area contributed by atoms with Gasteiger partial charge in [-0.3, -0.25) is 0 Å². The number of nitrogens with zero attached hydrogens (tertiary/aromatic N) is 3. The van der Waals surface area contributed by atoms with Crippen LogP contribution in [0.5, 0.6) is 0 Å². The highest BCUT2D eigenvalue weighted by atomic mass is 35.5. The molecule has 0 bridgehead atoms. The minimum Gasteiger partial charge on any atom is -0.354 e. The number of hydrogen-bond acceptors (Lipinski definition) is 5. The Morgan fingerprint density at radius 1 is 1.04 bits per heavy atom. The average Bonchev–Trinajstić information content (AvgIpc) is 3.22. The number of halogens is 3. The third kappa shape index (κ3) is 3.50. The smallest absolute Gasteiger partial charge is 0.235 e. The summed E-state index contributed by atoms with van der Waals surface area (Å²) in [6.07, 6.45) is 3.72. The predicted octanol–water partition coefficient (Wildman–Crippen LogP) is 2.48. The second kappa shape index (κ2) is 7.09. The van der Waals surface area contributed by atoms with Crippen molar-refractivity contribution < 1.29 is 17.2 Å². The van der Waals surface area contributed by atoms with Crippen LogP contribution < -0.4 is 4.90 Å². The summed E-state index contributed by atoms with van der Waals surface area (Å²) in [7, 11) is -4.04. The molecule has 2 aliphatic rings. The quantitative estimate of drug-likeness (QED) is 0.736. The van der Waals surface area contributed by atoms with Crippen LogP contribution in [0.15, 0.2) is 4.90 Å². The van der Waals surface area contributed by atoms with E-state index in [-0.39, 0.29) is 11.6 Å². The topological polar surface area (TPSA) is 53.5 Å². The zero-order chi connectivity index (χ0) is 17.3. The lowest BCUT2D eigenvalue weighted by atomic mass is 10.4. The van der Waals surface area contributed by atoms with Gasteiger partial charge < -0.3 is 9.80 Å². The molecule has 0 N–H and O–H groups in total. The van der Waals surface area contributed by atoms with E-state index in [9.17, 15) is 17.2 Å². The van der Waals surface area contributed by atoms with E-state index >= 15 is 0 Å². The molecule has 1 aromatic heterocycles. The molecule has 0 saturated carbocycles. The van der Waals surface area contributed by atoms with Crippen molar-refractivity contribution in [1.82, 2.24) is 9.88 Å². The molecule has 0 atom stereocenters. The SMILES string of the molecule is O=S(=O)(CCN1CCCC1)c1c(F)c(N2CCCC2)nc(F)c1Cl. The van der Waals surface area contributed by atoms with Gasteiger partial charge in [-0.2, -0.15) is 9.37 Å². The molecule has 2 aliphatic heterocycles. The molecule has 9 heteroatoms. The monoisotopic (exact) mass is 379 g/mol. The maximum atomic E-state index is 14.8. The Bertz CT molecular complexity index is 718. The Morgan fingerprint density at radius 3 is 2.25 bits per heavy atom. The molecule has 24 heavy (non-hydrogen) atoms. The molecule has 0 unspecified atom stereocenters. The van der Waals surface area contributed by atoms with Gasteiger partial charge in [-0.05, 0) is 38.8 Å². The van der Waals surface area contributed by atoms with Gasteiger partial charge in [0.15, 0.2) is 21.5 Å². The number of likely N-dealkylation sites (tertiary alicyclic amines) is 1. The Hall–Kier alpha value is -0.990. The van der Waals surface area contributed by atoms with Crippen LogP contribution in [0.4, 0.5) is 14.6 Å². The van der Waals surface area contributed by atoms with Crippen molar-refractivity contribution in [2.75, 3.05) is 43.4 Å². The lowest BCUT2D eigenvalue weighted by Crippen LogP contribution is -2.28. The summed E-state index contributed by atoms with van der Waals surface area (Å²) in [5.74, 6) is -2.72. The third-order valence-corrected chi connectivity index (χ3v) is 6.75. The molecule has 134 valence electrons. The van der Waals surface area contributed by atoms with Crippen molar-refractivity contribution >= 4 is 27.3 Å². The lowest BCUT2D eigenvalue weighted by Gasteiger charge is -2.20. The van der Waals surface area contributed by atoms with Gasteiger partial charge in [0, 0.05) is 19.6 Å². The van der Waals surface area contributed by atoms with Crippen LogP contribution in [-0.2, 0) is 9.84 Å². The Morgan fingerprint density at radius 2 is 1.62 bits per heavy atom. The van der Waals surface area contributed by atoms with Crippen LogP contribution in [0, 0.1) is 11.8 Å². The van der Waals surface area contributed by atoms with E-state index in [0.717, 1.165) is 38.8 Å². The van der Waals surface area contributed by atoms with Crippen molar-refractivity contribution in [2.45, 2.75) is 30.6 Å². The molecule has 0 aromatic carbocycles. The van der Waals surface area contributed by atoms with Crippen LogP contribution in [0.2, 0.25) is 5.02 Å². The van der Waals surface area contributed by atoms with Gasteiger partial charge >= 0.3 is 0 Å². The summed E-state index contributed by atoms with van der Waals surface area (Å²) in [5.41, 5.74) is 0. The molecule has 2 saturated heterocycles. The van der Waals surface area contributed by atoms with E-state index in [1.54, 1.807) is 4.90 Å². The third-order valence-electron chi connectivity index (χ3n) is 4.57.